The predicted octanol–water partition coefficient (Wildman–Crippen LogP) is 1.35. The first-order valence-corrected chi connectivity index (χ1v) is 7.97. The Balaban J connectivity index is 1.67. The molecule has 1 aromatic rings. The van der Waals surface area contributed by atoms with Crippen molar-refractivity contribution in [2.75, 3.05) is 47.4 Å². The van der Waals surface area contributed by atoms with Gasteiger partial charge in [0.25, 0.3) is 0 Å². The van der Waals surface area contributed by atoms with E-state index in [1.807, 2.05) is 19.2 Å². The lowest BCUT2D eigenvalue weighted by molar-refractivity contribution is 0.394. The van der Waals surface area contributed by atoms with Crippen molar-refractivity contribution >= 4 is 5.96 Å². The molecule has 0 aliphatic carbocycles. The van der Waals surface area contributed by atoms with Crippen LogP contribution in [0.25, 0.3) is 0 Å². The summed E-state index contributed by atoms with van der Waals surface area (Å²) in [5.74, 6) is 2.52. The van der Waals surface area contributed by atoms with Crippen LogP contribution < -0.4 is 15.4 Å². The minimum Gasteiger partial charge on any atom is -0.497 e. The van der Waals surface area contributed by atoms with E-state index in [1.165, 1.54) is 25.1 Å². The Labute approximate surface area is 133 Å². The van der Waals surface area contributed by atoms with Crippen LogP contribution in [0, 0.1) is 5.92 Å². The minimum absolute atomic E-state index is 0.727. The number of benzene rings is 1. The largest absolute Gasteiger partial charge is 0.497 e. The van der Waals surface area contributed by atoms with Crippen LogP contribution in [0.3, 0.4) is 0 Å². The number of methoxy groups -OCH3 is 1. The van der Waals surface area contributed by atoms with Crippen molar-refractivity contribution in [3.05, 3.63) is 29.8 Å². The third kappa shape index (κ3) is 5.22. The lowest BCUT2D eigenvalue weighted by Gasteiger charge is -2.15. The van der Waals surface area contributed by atoms with Crippen molar-refractivity contribution in [3.63, 3.8) is 0 Å². The molecule has 0 spiro atoms. The fraction of sp³-hybridized carbons (Fsp3) is 0.588. The summed E-state index contributed by atoms with van der Waals surface area (Å²) in [5, 5.41) is 6.80. The van der Waals surface area contributed by atoms with Crippen LogP contribution in [0.15, 0.2) is 29.3 Å². The van der Waals surface area contributed by atoms with Gasteiger partial charge in [0.15, 0.2) is 5.96 Å². The number of rotatable bonds is 6. The van der Waals surface area contributed by atoms with Gasteiger partial charge >= 0.3 is 0 Å². The van der Waals surface area contributed by atoms with Gasteiger partial charge in [-0.15, -0.1) is 0 Å². The van der Waals surface area contributed by atoms with Gasteiger partial charge in [-0.25, -0.2) is 0 Å². The standard InChI is InChI=1S/C17H28N4O/c1-18-17(20-12-15-9-11-21(2)13-15)19-10-8-14-4-6-16(22-3)7-5-14/h4-7,15H,8-13H2,1-3H3,(H2,18,19,20). The number of hydrogen-bond donors (Lipinski definition) is 2. The third-order valence-corrected chi connectivity index (χ3v) is 4.14. The maximum absolute atomic E-state index is 5.17. The first-order chi connectivity index (χ1) is 10.7. The molecule has 1 fully saturated rings. The van der Waals surface area contributed by atoms with Crippen LogP contribution in [-0.2, 0) is 6.42 Å². The van der Waals surface area contributed by atoms with Gasteiger partial charge in [-0.3, -0.25) is 4.99 Å². The van der Waals surface area contributed by atoms with Gasteiger partial charge in [0.2, 0.25) is 0 Å². The van der Waals surface area contributed by atoms with Crippen molar-refractivity contribution in [1.82, 2.24) is 15.5 Å². The van der Waals surface area contributed by atoms with Gasteiger partial charge in [0.05, 0.1) is 7.11 Å². The number of ether oxygens (including phenoxy) is 1. The summed E-state index contributed by atoms with van der Waals surface area (Å²) >= 11 is 0. The van der Waals surface area contributed by atoms with Gasteiger partial charge < -0.3 is 20.3 Å². The molecule has 2 rings (SSSR count). The molecule has 1 aromatic carbocycles. The molecule has 0 radical (unpaired) electrons. The number of nitrogens with zero attached hydrogens (tertiary/aromatic N) is 2. The number of likely N-dealkylation sites (tertiary alicyclic amines) is 1. The lowest BCUT2D eigenvalue weighted by atomic mass is 10.1. The minimum atomic E-state index is 0.727. The molecule has 1 atom stereocenters. The molecule has 1 aliphatic rings. The zero-order valence-electron chi connectivity index (χ0n) is 13.9. The second-order valence-corrected chi connectivity index (χ2v) is 5.89. The first kappa shape index (κ1) is 16.6. The maximum Gasteiger partial charge on any atom is 0.190 e. The van der Waals surface area contributed by atoms with Crippen LogP contribution in [-0.4, -0.2) is 58.2 Å². The topological polar surface area (TPSA) is 48.9 Å². The average molecular weight is 304 g/mol. The molecular weight excluding hydrogens is 276 g/mol. The molecule has 0 saturated carbocycles. The summed E-state index contributed by atoms with van der Waals surface area (Å²) in [6.45, 7) is 4.24. The Kier molecular flexibility index (Phi) is 6.52. The fourth-order valence-corrected chi connectivity index (χ4v) is 2.77. The van der Waals surface area contributed by atoms with Crippen molar-refractivity contribution in [1.29, 1.82) is 0 Å². The molecule has 1 aliphatic heterocycles. The molecule has 1 saturated heterocycles. The molecule has 0 bridgehead atoms. The van der Waals surface area contributed by atoms with E-state index in [0.29, 0.717) is 0 Å². The number of aliphatic imine (C=N–C) groups is 1. The SMILES string of the molecule is CN=C(NCCc1ccc(OC)cc1)NCC1CCN(C)C1. The van der Waals surface area contributed by atoms with E-state index in [1.54, 1.807) is 7.11 Å². The zero-order chi connectivity index (χ0) is 15.8. The lowest BCUT2D eigenvalue weighted by Crippen LogP contribution is -2.41. The Morgan fingerprint density at radius 2 is 2.09 bits per heavy atom. The number of guanidine groups is 1. The van der Waals surface area contributed by atoms with Crippen LogP contribution in [0.5, 0.6) is 5.75 Å². The molecule has 122 valence electrons. The Morgan fingerprint density at radius 1 is 1.32 bits per heavy atom. The second-order valence-electron chi connectivity index (χ2n) is 5.89. The highest BCUT2D eigenvalue weighted by Gasteiger charge is 2.19. The quantitative estimate of drug-likeness (QED) is 0.615. The number of nitrogens with one attached hydrogen (secondary N) is 2. The molecule has 5 heteroatoms. The van der Waals surface area contributed by atoms with Crippen molar-refractivity contribution in [2.24, 2.45) is 10.9 Å². The summed E-state index contributed by atoms with van der Waals surface area (Å²) in [7, 11) is 5.69. The zero-order valence-corrected chi connectivity index (χ0v) is 13.9. The van der Waals surface area contributed by atoms with Gasteiger partial charge in [-0.2, -0.15) is 0 Å². The summed E-state index contributed by atoms with van der Waals surface area (Å²) in [4.78, 5) is 6.67. The van der Waals surface area contributed by atoms with Crippen molar-refractivity contribution < 1.29 is 4.74 Å². The number of hydrogen-bond acceptors (Lipinski definition) is 3. The normalized spacial score (nSPS) is 19.2. The van der Waals surface area contributed by atoms with Crippen LogP contribution in [0.1, 0.15) is 12.0 Å². The van der Waals surface area contributed by atoms with E-state index >= 15 is 0 Å². The second kappa shape index (κ2) is 8.63. The van der Waals surface area contributed by atoms with Crippen molar-refractivity contribution in [2.45, 2.75) is 12.8 Å². The van der Waals surface area contributed by atoms with Crippen molar-refractivity contribution in [3.8, 4) is 5.75 Å². The van der Waals surface area contributed by atoms with Gasteiger partial charge in [0.1, 0.15) is 5.75 Å². The van der Waals surface area contributed by atoms with Crippen LogP contribution in [0.2, 0.25) is 0 Å². The fourth-order valence-electron chi connectivity index (χ4n) is 2.77. The monoisotopic (exact) mass is 304 g/mol. The van der Waals surface area contributed by atoms with E-state index in [-0.39, 0.29) is 0 Å². The molecule has 2 N–H and O–H groups in total. The molecule has 5 nitrogen and oxygen atoms in total. The van der Waals surface area contributed by atoms with E-state index in [4.69, 9.17) is 4.74 Å². The Hall–Kier alpha value is -1.75. The van der Waals surface area contributed by atoms with Gasteiger partial charge in [-0.1, -0.05) is 12.1 Å². The Morgan fingerprint density at radius 3 is 2.68 bits per heavy atom. The highest BCUT2D eigenvalue weighted by Crippen LogP contribution is 2.13. The highest BCUT2D eigenvalue weighted by molar-refractivity contribution is 5.79. The van der Waals surface area contributed by atoms with Crippen LogP contribution in [0.4, 0.5) is 0 Å². The Bertz CT molecular complexity index is 472. The smallest absolute Gasteiger partial charge is 0.190 e. The molecule has 0 amide bonds. The summed E-state index contributed by atoms with van der Waals surface area (Å²) < 4.78 is 5.17. The van der Waals surface area contributed by atoms with Gasteiger partial charge in [0, 0.05) is 26.7 Å². The van der Waals surface area contributed by atoms with E-state index in [2.05, 4.69) is 39.7 Å². The highest BCUT2D eigenvalue weighted by atomic mass is 16.5. The van der Waals surface area contributed by atoms with E-state index in [9.17, 15) is 0 Å². The molecule has 22 heavy (non-hydrogen) atoms. The summed E-state index contributed by atoms with van der Waals surface area (Å²) in [6, 6.07) is 8.20. The first-order valence-electron chi connectivity index (χ1n) is 7.97. The average Bonchev–Trinajstić information content (AvgIpc) is 2.96. The predicted molar refractivity (Wildman–Crippen MR) is 91.7 cm³/mol. The van der Waals surface area contributed by atoms with Gasteiger partial charge in [-0.05, 0) is 50.0 Å². The van der Waals surface area contributed by atoms with E-state index in [0.717, 1.165) is 37.1 Å². The molecule has 0 aromatic heterocycles. The molecule has 1 unspecified atom stereocenters. The maximum atomic E-state index is 5.17. The van der Waals surface area contributed by atoms with E-state index < -0.39 is 0 Å². The third-order valence-electron chi connectivity index (χ3n) is 4.14. The molecular formula is C17H28N4O. The summed E-state index contributed by atoms with van der Waals surface area (Å²) in [5.41, 5.74) is 1.29. The van der Waals surface area contributed by atoms with Crippen LogP contribution >= 0.6 is 0 Å². The summed E-state index contributed by atoms with van der Waals surface area (Å²) in [6.07, 6.45) is 2.24. The molecule has 1 heterocycles.